The summed E-state index contributed by atoms with van der Waals surface area (Å²) >= 11 is 3.76. The van der Waals surface area contributed by atoms with Gasteiger partial charge in [-0.05, 0) is 151 Å². The summed E-state index contributed by atoms with van der Waals surface area (Å²) in [6.07, 6.45) is 0. The second kappa shape index (κ2) is 19.7. The van der Waals surface area contributed by atoms with E-state index in [9.17, 15) is 0 Å². The maximum absolute atomic E-state index is 2.51. The molecule has 0 aliphatic heterocycles. The summed E-state index contributed by atoms with van der Waals surface area (Å²) in [5, 5.41) is 7.67. The lowest BCUT2D eigenvalue weighted by Crippen LogP contribution is -2.18. The molecule has 0 saturated carbocycles. The maximum atomic E-state index is 2.51. The first-order valence-corrected chi connectivity index (χ1v) is 30.2. The average Bonchev–Trinajstić information content (AvgIpc) is 3.44. The lowest BCUT2D eigenvalue weighted by atomic mass is 9.81. The van der Waals surface area contributed by atoms with Crippen molar-refractivity contribution >= 4 is 108 Å². The molecule has 1 aliphatic carbocycles. The molecule has 15 aromatic rings. The van der Waals surface area contributed by atoms with Gasteiger partial charge in [-0.1, -0.05) is 226 Å². The smallest absolute Gasteiger partial charge is 0.0543 e. The lowest BCUT2D eigenvalue weighted by molar-refractivity contribution is 0.661. The number of anilines is 6. The molecule has 2 nitrogen and oxygen atoms in total. The second-order valence-corrected chi connectivity index (χ2v) is 24.5. The van der Waals surface area contributed by atoms with Crippen LogP contribution in [0, 0.1) is 0 Å². The SMILES string of the molecule is CC1(C)c2cc(N(c3ccc(-c4ccccc4)cc3)c3cccc(-c4cccc5c4sc4ccccc45)c3)ccc2-c2c1cc(N(c1ccc(-c3ccccc3)cc1)c1cccc(-c3cccc4c3sc3ccccc34)c1)c1ccccc21. The Morgan fingerprint density at radius 3 is 1.23 bits per heavy atom. The zero-order valence-electron chi connectivity index (χ0n) is 45.9. The summed E-state index contributed by atoms with van der Waals surface area (Å²) in [7, 11) is 0. The van der Waals surface area contributed by atoms with Crippen LogP contribution in [0.3, 0.4) is 0 Å². The van der Waals surface area contributed by atoms with Crippen LogP contribution in [0.4, 0.5) is 34.1 Å². The molecule has 0 radical (unpaired) electrons. The number of thiophene rings is 2. The Bertz CT molecular complexity index is 4990. The third-order valence-corrected chi connectivity index (χ3v) is 19.7. The van der Waals surface area contributed by atoms with Crippen molar-refractivity contribution < 1.29 is 0 Å². The molecule has 0 fully saturated rings. The molecular formula is C79H54N2S2. The molecule has 0 bridgehead atoms. The molecule has 13 aromatic carbocycles. The molecule has 0 amide bonds. The Morgan fingerprint density at radius 1 is 0.265 bits per heavy atom. The minimum absolute atomic E-state index is 0.373. The molecule has 16 rings (SSSR count). The Hall–Kier alpha value is -9.84. The minimum atomic E-state index is -0.373. The fourth-order valence-corrected chi connectivity index (χ4v) is 15.7. The van der Waals surface area contributed by atoms with Crippen LogP contribution in [0.2, 0.25) is 0 Å². The monoisotopic (exact) mass is 1090 g/mol. The first-order chi connectivity index (χ1) is 40.9. The topological polar surface area (TPSA) is 6.48 Å². The number of hydrogen-bond acceptors (Lipinski definition) is 4. The number of nitrogens with zero attached hydrogens (tertiary/aromatic N) is 2. The Morgan fingerprint density at radius 2 is 0.675 bits per heavy atom. The van der Waals surface area contributed by atoms with Crippen molar-refractivity contribution in [3.63, 3.8) is 0 Å². The highest BCUT2D eigenvalue weighted by atomic mass is 32.1. The van der Waals surface area contributed by atoms with Gasteiger partial charge in [0, 0.05) is 79.6 Å². The van der Waals surface area contributed by atoms with Gasteiger partial charge in [0.1, 0.15) is 0 Å². The Balaban J connectivity index is 0.852. The molecule has 4 heteroatoms. The molecule has 0 spiro atoms. The summed E-state index contributed by atoms with van der Waals surface area (Å²) in [5.74, 6) is 0. The number of rotatable bonds is 10. The van der Waals surface area contributed by atoms with Gasteiger partial charge in [0.05, 0.1) is 5.69 Å². The number of benzene rings is 13. The minimum Gasteiger partial charge on any atom is -0.310 e. The van der Waals surface area contributed by atoms with E-state index in [0.29, 0.717) is 0 Å². The molecule has 83 heavy (non-hydrogen) atoms. The Kier molecular flexibility index (Phi) is 11.6. The van der Waals surface area contributed by atoms with E-state index in [0.717, 1.165) is 34.1 Å². The van der Waals surface area contributed by atoms with Crippen molar-refractivity contribution in [1.29, 1.82) is 0 Å². The quantitative estimate of drug-likeness (QED) is 0.135. The van der Waals surface area contributed by atoms with Gasteiger partial charge in [-0.15, -0.1) is 22.7 Å². The zero-order valence-corrected chi connectivity index (χ0v) is 47.6. The van der Waals surface area contributed by atoms with Gasteiger partial charge >= 0.3 is 0 Å². The number of hydrogen-bond donors (Lipinski definition) is 0. The molecule has 392 valence electrons. The summed E-state index contributed by atoms with van der Waals surface area (Å²) in [4.78, 5) is 4.96. The van der Waals surface area contributed by atoms with E-state index >= 15 is 0 Å². The van der Waals surface area contributed by atoms with Crippen molar-refractivity contribution in [1.82, 2.24) is 0 Å². The van der Waals surface area contributed by atoms with Gasteiger partial charge < -0.3 is 9.80 Å². The number of fused-ring (bicyclic) bond motifs is 11. The van der Waals surface area contributed by atoms with E-state index in [-0.39, 0.29) is 5.41 Å². The third kappa shape index (κ3) is 8.20. The average molecular weight is 1100 g/mol. The molecule has 2 heterocycles. The molecule has 0 saturated heterocycles. The first-order valence-electron chi connectivity index (χ1n) is 28.6. The normalized spacial score (nSPS) is 12.6. The van der Waals surface area contributed by atoms with E-state index in [1.165, 1.54) is 118 Å². The van der Waals surface area contributed by atoms with E-state index in [1.54, 1.807) is 0 Å². The highest BCUT2D eigenvalue weighted by Crippen LogP contribution is 2.56. The van der Waals surface area contributed by atoms with E-state index in [4.69, 9.17) is 0 Å². The molecule has 0 N–H and O–H groups in total. The van der Waals surface area contributed by atoms with E-state index in [2.05, 4.69) is 315 Å². The van der Waals surface area contributed by atoms with E-state index < -0.39 is 0 Å². The molecule has 0 unspecified atom stereocenters. The Labute approximate surface area is 491 Å². The van der Waals surface area contributed by atoms with Crippen molar-refractivity contribution in [2.24, 2.45) is 0 Å². The van der Waals surface area contributed by atoms with Crippen LogP contribution in [-0.4, -0.2) is 0 Å². The van der Waals surface area contributed by atoms with Crippen LogP contribution in [0.5, 0.6) is 0 Å². The van der Waals surface area contributed by atoms with Crippen LogP contribution in [0.1, 0.15) is 25.0 Å². The van der Waals surface area contributed by atoms with Crippen molar-refractivity contribution in [3.05, 3.63) is 302 Å². The maximum Gasteiger partial charge on any atom is 0.0543 e. The van der Waals surface area contributed by atoms with Gasteiger partial charge in [-0.25, -0.2) is 0 Å². The molecule has 1 aliphatic rings. The zero-order chi connectivity index (χ0) is 55.2. The van der Waals surface area contributed by atoms with Crippen molar-refractivity contribution in [2.75, 3.05) is 9.80 Å². The fourth-order valence-electron chi connectivity index (χ4n) is 13.2. The largest absolute Gasteiger partial charge is 0.310 e. The fraction of sp³-hybridized carbons (Fsp3) is 0.0380. The molecule has 2 aromatic heterocycles. The van der Waals surface area contributed by atoms with Crippen LogP contribution in [-0.2, 0) is 5.41 Å². The van der Waals surface area contributed by atoms with Crippen molar-refractivity contribution in [2.45, 2.75) is 19.3 Å². The van der Waals surface area contributed by atoms with Gasteiger partial charge in [-0.2, -0.15) is 0 Å². The highest BCUT2D eigenvalue weighted by molar-refractivity contribution is 7.26. The van der Waals surface area contributed by atoms with Gasteiger partial charge in [0.15, 0.2) is 0 Å². The second-order valence-electron chi connectivity index (χ2n) is 22.4. The highest BCUT2D eigenvalue weighted by Gasteiger charge is 2.39. The summed E-state index contributed by atoms with van der Waals surface area (Å²) < 4.78 is 5.24. The van der Waals surface area contributed by atoms with Crippen LogP contribution < -0.4 is 9.80 Å². The van der Waals surface area contributed by atoms with Crippen molar-refractivity contribution in [3.8, 4) is 55.6 Å². The summed E-state index contributed by atoms with van der Waals surface area (Å²) in [5.41, 5.74) is 21.2. The lowest BCUT2D eigenvalue weighted by Gasteiger charge is -2.30. The van der Waals surface area contributed by atoms with Crippen LogP contribution in [0.15, 0.2) is 291 Å². The predicted octanol–water partition coefficient (Wildman–Crippen LogP) is 23.5. The van der Waals surface area contributed by atoms with Gasteiger partial charge in [0.25, 0.3) is 0 Å². The molecular weight excluding hydrogens is 1040 g/mol. The van der Waals surface area contributed by atoms with E-state index in [1.807, 2.05) is 22.7 Å². The summed E-state index contributed by atoms with van der Waals surface area (Å²) in [6.45, 7) is 4.85. The predicted molar refractivity (Wildman–Crippen MR) is 358 cm³/mol. The standard InChI is InChI=1S/C79H54N2S2/c1-79(2)71-49-61(80(57-41-37-53(38-42-57)51-19-5-3-6-20-51)59-25-15-23-55(47-59)62-31-17-33-68-65-28-11-13-35-74(65)82-77(62)68)45-46-70(71)76-67-30-10-9-27-64(67)73(50-72(76)79)81(58-43-39-54(40-44-58)52-21-7-4-8-22-52)60-26-16-24-56(48-60)63-32-18-34-69-66-29-12-14-36-75(66)83-78(63)69/h3-50H,1-2H3. The third-order valence-electron chi connectivity index (χ3n) is 17.2. The van der Waals surface area contributed by atoms with Crippen LogP contribution in [0.25, 0.3) is 107 Å². The summed E-state index contributed by atoms with van der Waals surface area (Å²) in [6, 6.07) is 108. The van der Waals surface area contributed by atoms with Gasteiger partial charge in [-0.3, -0.25) is 0 Å². The molecule has 0 atom stereocenters. The first kappa shape index (κ1) is 49.0. The van der Waals surface area contributed by atoms with Crippen LogP contribution >= 0.6 is 22.7 Å². The van der Waals surface area contributed by atoms with Gasteiger partial charge in [0.2, 0.25) is 0 Å².